The van der Waals surface area contributed by atoms with Gasteiger partial charge in [-0.25, -0.2) is 9.67 Å². The van der Waals surface area contributed by atoms with Crippen LogP contribution in [0.3, 0.4) is 0 Å². The summed E-state index contributed by atoms with van der Waals surface area (Å²) >= 11 is 0. The summed E-state index contributed by atoms with van der Waals surface area (Å²) < 4.78 is 2.03. The lowest BCUT2D eigenvalue weighted by Gasteiger charge is -2.20. The maximum absolute atomic E-state index is 4.45. The lowest BCUT2D eigenvalue weighted by atomic mass is 9.96. The maximum Gasteiger partial charge on any atom is 0.138 e. The average molecular weight is 286 g/mol. The molecular formula is C17H26N4. The molecule has 0 bridgehead atoms. The molecule has 0 fully saturated rings. The molecule has 2 rings (SSSR count). The van der Waals surface area contributed by atoms with Gasteiger partial charge in [-0.3, -0.25) is 0 Å². The zero-order chi connectivity index (χ0) is 15.2. The molecule has 0 saturated carbocycles. The van der Waals surface area contributed by atoms with E-state index in [4.69, 9.17) is 0 Å². The zero-order valence-corrected chi connectivity index (χ0v) is 13.5. The van der Waals surface area contributed by atoms with Crippen molar-refractivity contribution in [2.75, 3.05) is 7.05 Å². The van der Waals surface area contributed by atoms with Crippen molar-refractivity contribution in [3.05, 3.63) is 47.5 Å². The number of likely N-dealkylation sites (N-methyl/N-ethyl adjacent to an activating group) is 1. The summed E-state index contributed by atoms with van der Waals surface area (Å²) in [7, 11) is 2.01. The first kappa shape index (κ1) is 15.7. The first-order valence-corrected chi connectivity index (χ1v) is 7.77. The van der Waals surface area contributed by atoms with Crippen molar-refractivity contribution in [1.29, 1.82) is 0 Å². The van der Waals surface area contributed by atoms with Gasteiger partial charge in [0.25, 0.3) is 0 Å². The Balaban J connectivity index is 2.21. The van der Waals surface area contributed by atoms with Gasteiger partial charge in [0.15, 0.2) is 0 Å². The van der Waals surface area contributed by atoms with Gasteiger partial charge in [-0.1, -0.05) is 45.0 Å². The predicted molar refractivity (Wildman–Crippen MR) is 86.2 cm³/mol. The number of hydrogen-bond acceptors (Lipinski definition) is 3. The van der Waals surface area contributed by atoms with Crippen LogP contribution in [0.2, 0.25) is 0 Å². The Kier molecular flexibility index (Phi) is 5.51. The van der Waals surface area contributed by atoms with E-state index in [0.29, 0.717) is 5.92 Å². The topological polar surface area (TPSA) is 42.7 Å². The van der Waals surface area contributed by atoms with Crippen LogP contribution in [0, 0.1) is 5.92 Å². The summed E-state index contributed by atoms with van der Waals surface area (Å²) in [5.74, 6) is 1.62. The minimum absolute atomic E-state index is 0.274. The molecule has 1 aromatic heterocycles. The molecule has 0 spiro atoms. The first-order chi connectivity index (χ1) is 10.2. The Labute approximate surface area is 127 Å². The van der Waals surface area contributed by atoms with Crippen molar-refractivity contribution in [2.24, 2.45) is 5.92 Å². The second-order valence-electron chi connectivity index (χ2n) is 5.85. The fourth-order valence-electron chi connectivity index (χ4n) is 2.69. The molecule has 1 atom stereocenters. The van der Waals surface area contributed by atoms with Crippen molar-refractivity contribution in [3.63, 3.8) is 0 Å². The highest BCUT2D eigenvalue weighted by molar-refractivity contribution is 5.30. The third-order valence-electron chi connectivity index (χ3n) is 3.78. The summed E-state index contributed by atoms with van der Waals surface area (Å²) in [5.41, 5.74) is 2.76. The summed E-state index contributed by atoms with van der Waals surface area (Å²) in [6, 6.07) is 8.91. The van der Waals surface area contributed by atoms with Crippen LogP contribution in [0.4, 0.5) is 0 Å². The highest BCUT2D eigenvalue weighted by Crippen LogP contribution is 2.21. The van der Waals surface area contributed by atoms with E-state index >= 15 is 0 Å². The number of nitrogens with zero attached hydrogens (tertiary/aromatic N) is 3. The van der Waals surface area contributed by atoms with E-state index in [1.54, 1.807) is 6.33 Å². The summed E-state index contributed by atoms with van der Waals surface area (Å²) in [5, 5.41) is 7.79. The molecule has 0 aliphatic carbocycles. The van der Waals surface area contributed by atoms with Crippen LogP contribution >= 0.6 is 0 Å². The molecule has 1 N–H and O–H groups in total. The average Bonchev–Trinajstić information content (AvgIpc) is 2.91. The molecule has 0 saturated heterocycles. The number of nitrogens with one attached hydrogen (secondary N) is 1. The van der Waals surface area contributed by atoms with E-state index < -0.39 is 0 Å². The third kappa shape index (κ3) is 3.91. The van der Waals surface area contributed by atoms with E-state index in [1.807, 2.05) is 11.7 Å². The molecule has 114 valence electrons. The molecule has 0 aliphatic rings. The minimum atomic E-state index is 0.274. The Bertz CT molecular complexity index is 559. The Morgan fingerprint density at radius 1 is 1.24 bits per heavy atom. The van der Waals surface area contributed by atoms with E-state index in [1.165, 1.54) is 11.1 Å². The number of aryl methyl sites for hydroxylation is 1. The van der Waals surface area contributed by atoms with Crippen LogP contribution in [0.1, 0.15) is 43.8 Å². The van der Waals surface area contributed by atoms with Crippen LogP contribution in [0.25, 0.3) is 0 Å². The van der Waals surface area contributed by atoms with E-state index in [9.17, 15) is 0 Å². The molecule has 0 amide bonds. The molecule has 0 aliphatic heterocycles. The van der Waals surface area contributed by atoms with E-state index in [2.05, 4.69) is 60.4 Å². The van der Waals surface area contributed by atoms with Gasteiger partial charge in [0.2, 0.25) is 0 Å². The Morgan fingerprint density at radius 2 is 2.00 bits per heavy atom. The van der Waals surface area contributed by atoms with Gasteiger partial charge in [-0.2, -0.15) is 5.10 Å². The van der Waals surface area contributed by atoms with Crippen molar-refractivity contribution in [1.82, 2.24) is 20.1 Å². The molecule has 2 aromatic rings. The number of benzene rings is 1. The highest BCUT2D eigenvalue weighted by Gasteiger charge is 2.16. The molecule has 0 radical (unpaired) electrons. The molecule has 1 aromatic carbocycles. The fraction of sp³-hybridized carbons (Fsp3) is 0.529. The molecule has 4 heteroatoms. The normalized spacial score (nSPS) is 12.8. The summed E-state index contributed by atoms with van der Waals surface area (Å²) in [6.45, 7) is 7.52. The lowest BCUT2D eigenvalue weighted by Crippen LogP contribution is -2.23. The Hall–Kier alpha value is -1.68. The Morgan fingerprint density at radius 3 is 2.67 bits per heavy atom. The largest absolute Gasteiger partial charge is 0.313 e. The van der Waals surface area contributed by atoms with Gasteiger partial charge in [-0.05, 0) is 30.5 Å². The summed E-state index contributed by atoms with van der Waals surface area (Å²) in [6.07, 6.45) is 3.57. The van der Waals surface area contributed by atoms with Crippen molar-refractivity contribution in [3.8, 4) is 0 Å². The fourth-order valence-corrected chi connectivity index (χ4v) is 2.69. The highest BCUT2D eigenvalue weighted by atomic mass is 15.3. The molecule has 21 heavy (non-hydrogen) atoms. The van der Waals surface area contributed by atoms with Gasteiger partial charge in [-0.15, -0.1) is 0 Å². The van der Waals surface area contributed by atoms with Gasteiger partial charge in [0, 0.05) is 19.0 Å². The second-order valence-corrected chi connectivity index (χ2v) is 5.85. The number of rotatable bonds is 7. The molecular weight excluding hydrogens is 260 g/mol. The molecule has 1 unspecified atom stereocenters. The van der Waals surface area contributed by atoms with Crippen molar-refractivity contribution < 1.29 is 0 Å². The van der Waals surface area contributed by atoms with Gasteiger partial charge >= 0.3 is 0 Å². The minimum Gasteiger partial charge on any atom is -0.313 e. The third-order valence-corrected chi connectivity index (χ3v) is 3.78. The first-order valence-electron chi connectivity index (χ1n) is 7.77. The van der Waals surface area contributed by atoms with Gasteiger partial charge in [0.1, 0.15) is 12.2 Å². The zero-order valence-electron chi connectivity index (χ0n) is 13.5. The predicted octanol–water partition coefficient (Wildman–Crippen LogP) is 3.00. The smallest absolute Gasteiger partial charge is 0.138 e. The van der Waals surface area contributed by atoms with Crippen molar-refractivity contribution >= 4 is 0 Å². The monoisotopic (exact) mass is 286 g/mol. The molecule has 1 heterocycles. The van der Waals surface area contributed by atoms with Crippen LogP contribution in [-0.4, -0.2) is 21.8 Å². The SMILES string of the molecule is CCc1ccccc1C(Cc1ncnn1CC(C)C)NC. The van der Waals surface area contributed by atoms with Crippen LogP contribution in [0.15, 0.2) is 30.6 Å². The second kappa shape index (κ2) is 7.36. The van der Waals surface area contributed by atoms with Gasteiger partial charge < -0.3 is 5.32 Å². The summed E-state index contributed by atoms with van der Waals surface area (Å²) in [4.78, 5) is 4.45. The van der Waals surface area contributed by atoms with Gasteiger partial charge in [0.05, 0.1) is 0 Å². The quantitative estimate of drug-likeness (QED) is 0.851. The maximum atomic E-state index is 4.45. The van der Waals surface area contributed by atoms with E-state index in [-0.39, 0.29) is 6.04 Å². The van der Waals surface area contributed by atoms with Crippen molar-refractivity contribution in [2.45, 2.75) is 46.2 Å². The van der Waals surface area contributed by atoms with Crippen LogP contribution in [-0.2, 0) is 19.4 Å². The van der Waals surface area contributed by atoms with Crippen LogP contribution < -0.4 is 5.32 Å². The van der Waals surface area contributed by atoms with Crippen LogP contribution in [0.5, 0.6) is 0 Å². The van der Waals surface area contributed by atoms with E-state index in [0.717, 1.165) is 25.2 Å². The molecule has 4 nitrogen and oxygen atoms in total. The number of hydrogen-bond donors (Lipinski definition) is 1. The number of aromatic nitrogens is 3. The lowest BCUT2D eigenvalue weighted by molar-refractivity contribution is 0.451. The standard InChI is InChI=1S/C17H26N4/c1-5-14-8-6-7-9-15(14)16(18-4)10-17-19-12-20-21(17)11-13(2)3/h6-9,12-13,16,18H,5,10-11H2,1-4H3.